The first-order valence-corrected chi connectivity index (χ1v) is 9.10. The standard InChI is InChI=1S/C19H29N3O/c23-19(20-13-16-7-3-1-4-8-16)15-22-12-11-18(14-22)21-17-9-5-2-6-10-17/h2,5-6,9-10,16,18,21H,1,3-4,7-8,11-15H2,(H,20,23)/t18-/m1/s1. The summed E-state index contributed by atoms with van der Waals surface area (Å²) in [5.74, 6) is 0.898. The molecule has 2 N–H and O–H groups in total. The van der Waals surface area contributed by atoms with Crippen LogP contribution < -0.4 is 10.6 Å². The lowest BCUT2D eigenvalue weighted by Crippen LogP contribution is -2.39. The minimum atomic E-state index is 0.191. The van der Waals surface area contributed by atoms with Crippen LogP contribution in [0, 0.1) is 5.92 Å². The number of amides is 1. The van der Waals surface area contributed by atoms with Crippen LogP contribution in [0.4, 0.5) is 5.69 Å². The number of carbonyl (C=O) groups excluding carboxylic acids is 1. The van der Waals surface area contributed by atoms with E-state index in [4.69, 9.17) is 0 Å². The van der Waals surface area contributed by atoms with Crippen LogP contribution in [0.2, 0.25) is 0 Å². The third-order valence-corrected chi connectivity index (χ3v) is 5.10. The molecule has 4 nitrogen and oxygen atoms in total. The van der Waals surface area contributed by atoms with Crippen molar-refractivity contribution in [2.45, 2.75) is 44.6 Å². The summed E-state index contributed by atoms with van der Waals surface area (Å²) in [4.78, 5) is 14.4. The van der Waals surface area contributed by atoms with Crippen molar-refractivity contribution < 1.29 is 4.79 Å². The van der Waals surface area contributed by atoms with Crippen molar-refractivity contribution >= 4 is 11.6 Å². The molecule has 3 rings (SSSR count). The van der Waals surface area contributed by atoms with E-state index in [1.54, 1.807) is 0 Å². The number of nitrogens with zero attached hydrogens (tertiary/aromatic N) is 1. The molecule has 1 aromatic carbocycles. The fourth-order valence-electron chi connectivity index (χ4n) is 3.77. The van der Waals surface area contributed by atoms with Crippen molar-refractivity contribution in [3.63, 3.8) is 0 Å². The van der Waals surface area contributed by atoms with Crippen molar-refractivity contribution in [3.8, 4) is 0 Å². The zero-order valence-electron chi connectivity index (χ0n) is 14.0. The van der Waals surface area contributed by atoms with Crippen LogP contribution in [0.1, 0.15) is 38.5 Å². The molecule has 2 fully saturated rings. The molecule has 1 saturated carbocycles. The average Bonchev–Trinajstić information content (AvgIpc) is 3.02. The Morgan fingerprint density at radius 3 is 2.65 bits per heavy atom. The second kappa shape index (κ2) is 8.34. The number of rotatable bonds is 6. The lowest BCUT2D eigenvalue weighted by molar-refractivity contribution is -0.122. The number of benzene rings is 1. The molecule has 126 valence electrons. The van der Waals surface area contributed by atoms with E-state index in [2.05, 4.69) is 27.7 Å². The van der Waals surface area contributed by atoms with Crippen LogP contribution in [0.25, 0.3) is 0 Å². The molecule has 0 aromatic heterocycles. The van der Waals surface area contributed by atoms with Crippen molar-refractivity contribution in [1.29, 1.82) is 0 Å². The molecule has 1 saturated heterocycles. The molecule has 0 bridgehead atoms. The van der Waals surface area contributed by atoms with Gasteiger partial charge in [0.05, 0.1) is 6.54 Å². The lowest BCUT2D eigenvalue weighted by atomic mass is 9.89. The Bertz CT molecular complexity index is 485. The molecule has 1 aliphatic carbocycles. The maximum absolute atomic E-state index is 12.1. The minimum Gasteiger partial charge on any atom is -0.381 e. The zero-order chi connectivity index (χ0) is 15.9. The highest BCUT2D eigenvalue weighted by Crippen LogP contribution is 2.22. The molecule has 1 aliphatic heterocycles. The molecule has 0 spiro atoms. The van der Waals surface area contributed by atoms with Gasteiger partial charge in [-0.05, 0) is 37.3 Å². The van der Waals surface area contributed by atoms with E-state index in [0.717, 1.165) is 26.1 Å². The Morgan fingerprint density at radius 1 is 1.09 bits per heavy atom. The second-order valence-electron chi connectivity index (χ2n) is 7.04. The maximum Gasteiger partial charge on any atom is 0.234 e. The number of nitrogens with one attached hydrogen (secondary N) is 2. The first-order valence-electron chi connectivity index (χ1n) is 9.10. The number of hydrogen-bond acceptors (Lipinski definition) is 3. The van der Waals surface area contributed by atoms with Gasteiger partial charge in [-0.25, -0.2) is 0 Å². The van der Waals surface area contributed by atoms with Gasteiger partial charge in [-0.1, -0.05) is 37.5 Å². The Kier molecular flexibility index (Phi) is 5.92. The van der Waals surface area contributed by atoms with E-state index in [1.807, 2.05) is 18.2 Å². The van der Waals surface area contributed by atoms with E-state index >= 15 is 0 Å². The van der Waals surface area contributed by atoms with Crippen molar-refractivity contribution in [2.24, 2.45) is 5.92 Å². The number of hydrogen-bond donors (Lipinski definition) is 2. The van der Waals surface area contributed by atoms with E-state index in [1.165, 1.54) is 37.8 Å². The Balaban J connectivity index is 1.35. The largest absolute Gasteiger partial charge is 0.381 e. The summed E-state index contributed by atoms with van der Waals surface area (Å²) in [6.07, 6.45) is 7.71. The van der Waals surface area contributed by atoms with Crippen molar-refractivity contribution in [3.05, 3.63) is 30.3 Å². The topological polar surface area (TPSA) is 44.4 Å². The van der Waals surface area contributed by atoms with Gasteiger partial charge in [-0.2, -0.15) is 0 Å². The van der Waals surface area contributed by atoms with Gasteiger partial charge in [0.2, 0.25) is 5.91 Å². The molecular formula is C19H29N3O. The normalized spacial score (nSPS) is 22.9. The van der Waals surface area contributed by atoms with Gasteiger partial charge in [-0.3, -0.25) is 9.69 Å². The Labute approximate surface area is 139 Å². The molecular weight excluding hydrogens is 286 g/mol. The van der Waals surface area contributed by atoms with E-state index in [-0.39, 0.29) is 5.91 Å². The maximum atomic E-state index is 12.1. The molecule has 1 heterocycles. The summed E-state index contributed by atoms with van der Waals surface area (Å²) in [5, 5.41) is 6.70. The number of carbonyl (C=O) groups is 1. The first-order chi connectivity index (χ1) is 11.3. The number of likely N-dealkylation sites (tertiary alicyclic amines) is 1. The molecule has 2 aliphatic rings. The highest BCUT2D eigenvalue weighted by molar-refractivity contribution is 5.78. The monoisotopic (exact) mass is 315 g/mol. The molecule has 0 radical (unpaired) electrons. The van der Waals surface area contributed by atoms with Crippen LogP contribution in [0.5, 0.6) is 0 Å². The summed E-state index contributed by atoms with van der Waals surface area (Å²) in [7, 11) is 0. The molecule has 1 amide bonds. The predicted molar refractivity (Wildman–Crippen MR) is 94.5 cm³/mol. The van der Waals surface area contributed by atoms with Crippen molar-refractivity contribution in [1.82, 2.24) is 10.2 Å². The van der Waals surface area contributed by atoms with E-state index < -0.39 is 0 Å². The number of anilines is 1. The third-order valence-electron chi connectivity index (χ3n) is 5.10. The fraction of sp³-hybridized carbons (Fsp3) is 0.632. The summed E-state index contributed by atoms with van der Waals surface area (Å²) in [5.41, 5.74) is 1.17. The van der Waals surface area contributed by atoms with Gasteiger partial charge in [0.25, 0.3) is 0 Å². The van der Waals surface area contributed by atoms with Crippen LogP contribution in [0.3, 0.4) is 0 Å². The summed E-state index contributed by atoms with van der Waals surface area (Å²) in [6, 6.07) is 10.8. The number of para-hydroxylation sites is 1. The summed E-state index contributed by atoms with van der Waals surface area (Å²) >= 11 is 0. The predicted octanol–water partition coefficient (Wildman–Crippen LogP) is 2.87. The van der Waals surface area contributed by atoms with Crippen LogP contribution in [0.15, 0.2) is 30.3 Å². The smallest absolute Gasteiger partial charge is 0.234 e. The fourth-order valence-corrected chi connectivity index (χ4v) is 3.77. The van der Waals surface area contributed by atoms with Crippen LogP contribution in [-0.4, -0.2) is 43.0 Å². The molecule has 23 heavy (non-hydrogen) atoms. The zero-order valence-corrected chi connectivity index (χ0v) is 14.0. The summed E-state index contributed by atoms with van der Waals surface area (Å²) in [6.45, 7) is 3.37. The average molecular weight is 315 g/mol. The third kappa shape index (κ3) is 5.24. The highest BCUT2D eigenvalue weighted by Gasteiger charge is 2.24. The van der Waals surface area contributed by atoms with E-state index in [0.29, 0.717) is 18.5 Å². The molecule has 1 aromatic rings. The van der Waals surface area contributed by atoms with Crippen LogP contribution in [-0.2, 0) is 4.79 Å². The van der Waals surface area contributed by atoms with Gasteiger partial charge in [0.15, 0.2) is 0 Å². The van der Waals surface area contributed by atoms with Crippen LogP contribution >= 0.6 is 0 Å². The quantitative estimate of drug-likeness (QED) is 0.848. The minimum absolute atomic E-state index is 0.191. The van der Waals surface area contributed by atoms with Gasteiger partial charge in [0, 0.05) is 31.4 Å². The van der Waals surface area contributed by atoms with Gasteiger partial charge < -0.3 is 10.6 Å². The van der Waals surface area contributed by atoms with Gasteiger partial charge >= 0.3 is 0 Å². The van der Waals surface area contributed by atoms with Gasteiger partial charge in [0.1, 0.15) is 0 Å². The Morgan fingerprint density at radius 2 is 1.87 bits per heavy atom. The molecule has 0 unspecified atom stereocenters. The lowest BCUT2D eigenvalue weighted by Gasteiger charge is -2.22. The molecule has 1 atom stereocenters. The van der Waals surface area contributed by atoms with Crippen molar-refractivity contribution in [2.75, 3.05) is 31.5 Å². The Hall–Kier alpha value is -1.55. The second-order valence-corrected chi connectivity index (χ2v) is 7.04. The first kappa shape index (κ1) is 16.3. The summed E-state index contributed by atoms with van der Waals surface area (Å²) < 4.78 is 0. The highest BCUT2D eigenvalue weighted by atomic mass is 16.2. The van der Waals surface area contributed by atoms with E-state index in [9.17, 15) is 4.79 Å². The van der Waals surface area contributed by atoms with Gasteiger partial charge in [-0.15, -0.1) is 0 Å². The SMILES string of the molecule is O=C(CN1CC[C@@H](Nc2ccccc2)C1)NCC1CCCCC1. The molecule has 4 heteroatoms.